The summed E-state index contributed by atoms with van der Waals surface area (Å²) >= 11 is 0. The monoisotopic (exact) mass is 361 g/mol. The van der Waals surface area contributed by atoms with Gasteiger partial charge < -0.3 is 4.98 Å². The van der Waals surface area contributed by atoms with Crippen molar-refractivity contribution in [2.75, 3.05) is 0 Å². The third-order valence-corrected chi connectivity index (χ3v) is 5.30. The highest BCUT2D eigenvalue weighted by molar-refractivity contribution is 6.12. The van der Waals surface area contributed by atoms with Crippen molar-refractivity contribution in [1.82, 2.24) is 4.98 Å². The number of H-pyrrole nitrogens is 1. The van der Waals surface area contributed by atoms with Crippen molar-refractivity contribution in [3.63, 3.8) is 0 Å². The van der Waals surface area contributed by atoms with Gasteiger partial charge in [-0.05, 0) is 21.9 Å². The number of pyridine rings is 1. The van der Waals surface area contributed by atoms with E-state index in [0.29, 0.717) is 6.42 Å². The summed E-state index contributed by atoms with van der Waals surface area (Å²) in [6, 6.07) is 32.8. The van der Waals surface area contributed by atoms with Gasteiger partial charge in [-0.2, -0.15) is 0 Å². The van der Waals surface area contributed by atoms with E-state index < -0.39 is 0 Å². The molecule has 2 heteroatoms. The molecule has 1 heterocycles. The highest BCUT2D eigenvalue weighted by atomic mass is 16.1. The second-order valence-electron chi connectivity index (χ2n) is 7.05. The molecule has 0 aliphatic heterocycles. The molecule has 5 rings (SSSR count). The van der Waals surface area contributed by atoms with E-state index in [4.69, 9.17) is 0 Å². The van der Waals surface area contributed by atoms with Gasteiger partial charge in [0.05, 0.1) is 5.69 Å². The van der Waals surface area contributed by atoms with Crippen LogP contribution in [0.5, 0.6) is 0 Å². The fraction of sp³-hybridized carbons (Fsp3) is 0.0385. The minimum Gasteiger partial charge on any atom is -0.321 e. The minimum absolute atomic E-state index is 0.0217. The lowest BCUT2D eigenvalue weighted by Crippen LogP contribution is -2.15. The van der Waals surface area contributed by atoms with Crippen LogP contribution in [0.2, 0.25) is 0 Å². The summed E-state index contributed by atoms with van der Waals surface area (Å²) in [6.07, 6.45) is 0.607. The first-order chi connectivity index (χ1) is 13.8. The van der Waals surface area contributed by atoms with Gasteiger partial charge in [-0.1, -0.05) is 97.1 Å². The molecule has 1 N–H and O–H groups in total. The van der Waals surface area contributed by atoms with Gasteiger partial charge in [0, 0.05) is 22.8 Å². The standard InChI is InChI=1S/C26H19NO/c28-26-23(17-18-9-3-1-4-10-18)24-21-14-8-7-11-19(21)15-16-22(24)25(27-26)20-12-5-2-6-13-20/h1-16H,17H2,(H,27,28). The molecule has 0 unspecified atom stereocenters. The number of rotatable bonds is 3. The summed E-state index contributed by atoms with van der Waals surface area (Å²) in [5, 5.41) is 4.39. The third kappa shape index (κ3) is 2.80. The van der Waals surface area contributed by atoms with Crippen LogP contribution in [0.4, 0.5) is 0 Å². The van der Waals surface area contributed by atoms with Crippen LogP contribution in [-0.2, 0) is 6.42 Å². The molecule has 0 saturated carbocycles. The van der Waals surface area contributed by atoms with Crippen molar-refractivity contribution in [2.45, 2.75) is 6.42 Å². The minimum atomic E-state index is -0.0217. The molecule has 0 spiro atoms. The highest BCUT2D eigenvalue weighted by Crippen LogP contribution is 2.33. The molecule has 0 fully saturated rings. The van der Waals surface area contributed by atoms with Crippen LogP contribution in [0.25, 0.3) is 32.8 Å². The van der Waals surface area contributed by atoms with Gasteiger partial charge in [0.15, 0.2) is 0 Å². The Kier molecular flexibility index (Phi) is 4.02. The van der Waals surface area contributed by atoms with Crippen LogP contribution in [0.15, 0.2) is 102 Å². The lowest BCUT2D eigenvalue weighted by Gasteiger charge is -2.14. The zero-order chi connectivity index (χ0) is 18.9. The van der Waals surface area contributed by atoms with E-state index in [2.05, 4.69) is 41.4 Å². The molecule has 134 valence electrons. The second-order valence-corrected chi connectivity index (χ2v) is 7.05. The maximum absolute atomic E-state index is 13.2. The molecule has 2 nitrogen and oxygen atoms in total. The van der Waals surface area contributed by atoms with E-state index in [1.54, 1.807) is 0 Å². The van der Waals surface area contributed by atoms with Crippen molar-refractivity contribution in [3.05, 3.63) is 119 Å². The third-order valence-electron chi connectivity index (χ3n) is 5.30. The molecular weight excluding hydrogens is 342 g/mol. The normalized spacial score (nSPS) is 11.1. The second kappa shape index (κ2) is 6.82. The predicted molar refractivity (Wildman–Crippen MR) is 117 cm³/mol. The van der Waals surface area contributed by atoms with Crippen LogP contribution < -0.4 is 5.56 Å². The first kappa shape index (κ1) is 16.5. The Labute approximate surface area is 163 Å². The summed E-state index contributed by atoms with van der Waals surface area (Å²) in [5.74, 6) is 0. The van der Waals surface area contributed by atoms with Gasteiger partial charge in [-0.25, -0.2) is 0 Å². The number of aromatic nitrogens is 1. The predicted octanol–water partition coefficient (Wildman–Crippen LogP) is 5.94. The van der Waals surface area contributed by atoms with Crippen molar-refractivity contribution in [3.8, 4) is 11.3 Å². The van der Waals surface area contributed by atoms with Gasteiger partial charge in [-0.15, -0.1) is 0 Å². The zero-order valence-corrected chi connectivity index (χ0v) is 15.4. The van der Waals surface area contributed by atoms with Crippen LogP contribution in [0.3, 0.4) is 0 Å². The maximum Gasteiger partial charge on any atom is 0.252 e. The number of hydrogen-bond acceptors (Lipinski definition) is 1. The Hall–Kier alpha value is -3.65. The molecule has 28 heavy (non-hydrogen) atoms. The van der Waals surface area contributed by atoms with Crippen molar-refractivity contribution >= 4 is 21.5 Å². The zero-order valence-electron chi connectivity index (χ0n) is 15.4. The average Bonchev–Trinajstić information content (AvgIpc) is 2.76. The molecule has 4 aromatic carbocycles. The van der Waals surface area contributed by atoms with E-state index in [1.807, 2.05) is 60.7 Å². The summed E-state index contributed by atoms with van der Waals surface area (Å²) in [4.78, 5) is 16.4. The van der Waals surface area contributed by atoms with Crippen molar-refractivity contribution in [1.29, 1.82) is 0 Å². The Balaban J connectivity index is 1.88. The molecule has 0 bridgehead atoms. The average molecular weight is 361 g/mol. The van der Waals surface area contributed by atoms with E-state index in [-0.39, 0.29) is 5.56 Å². The fourth-order valence-electron chi connectivity index (χ4n) is 3.98. The van der Waals surface area contributed by atoms with Crippen LogP contribution >= 0.6 is 0 Å². The van der Waals surface area contributed by atoms with Crippen LogP contribution in [-0.4, -0.2) is 4.98 Å². The maximum atomic E-state index is 13.2. The van der Waals surface area contributed by atoms with E-state index >= 15 is 0 Å². The SMILES string of the molecule is O=c1[nH]c(-c2ccccc2)c2ccc3ccccc3c2c1Cc1ccccc1. The smallest absolute Gasteiger partial charge is 0.252 e. The number of fused-ring (bicyclic) bond motifs is 3. The fourth-order valence-corrected chi connectivity index (χ4v) is 3.98. The van der Waals surface area contributed by atoms with Crippen molar-refractivity contribution < 1.29 is 0 Å². The quantitative estimate of drug-likeness (QED) is 0.396. The lowest BCUT2D eigenvalue weighted by molar-refractivity contribution is 1.12. The van der Waals surface area contributed by atoms with Gasteiger partial charge in [0.1, 0.15) is 0 Å². The number of hydrogen-bond donors (Lipinski definition) is 1. The molecule has 1 aromatic heterocycles. The molecule has 0 amide bonds. The molecule has 0 aliphatic rings. The van der Waals surface area contributed by atoms with E-state index in [0.717, 1.165) is 43.9 Å². The summed E-state index contributed by atoms with van der Waals surface area (Å²) in [7, 11) is 0. The molecule has 0 atom stereocenters. The first-order valence-corrected chi connectivity index (χ1v) is 9.47. The topological polar surface area (TPSA) is 32.9 Å². The number of aromatic amines is 1. The van der Waals surface area contributed by atoms with Gasteiger partial charge in [0.2, 0.25) is 0 Å². The van der Waals surface area contributed by atoms with E-state index in [1.165, 1.54) is 0 Å². The molecular formula is C26H19NO. The van der Waals surface area contributed by atoms with Crippen molar-refractivity contribution in [2.24, 2.45) is 0 Å². The molecule has 5 aromatic rings. The van der Waals surface area contributed by atoms with E-state index in [9.17, 15) is 4.79 Å². The Morgan fingerprint density at radius 1 is 0.643 bits per heavy atom. The largest absolute Gasteiger partial charge is 0.321 e. The summed E-state index contributed by atoms with van der Waals surface area (Å²) in [5.41, 5.74) is 3.83. The Morgan fingerprint density at radius 3 is 2.11 bits per heavy atom. The highest BCUT2D eigenvalue weighted by Gasteiger charge is 2.15. The van der Waals surface area contributed by atoms with Gasteiger partial charge in [0.25, 0.3) is 5.56 Å². The Morgan fingerprint density at radius 2 is 1.32 bits per heavy atom. The number of nitrogens with one attached hydrogen (secondary N) is 1. The summed E-state index contributed by atoms with van der Waals surface area (Å²) < 4.78 is 0. The number of benzene rings is 4. The van der Waals surface area contributed by atoms with Crippen LogP contribution in [0.1, 0.15) is 11.1 Å². The lowest BCUT2D eigenvalue weighted by atomic mass is 9.93. The molecule has 0 aliphatic carbocycles. The summed E-state index contributed by atoms with van der Waals surface area (Å²) in [6.45, 7) is 0. The first-order valence-electron chi connectivity index (χ1n) is 9.47. The van der Waals surface area contributed by atoms with Gasteiger partial charge >= 0.3 is 0 Å². The molecule has 0 radical (unpaired) electrons. The molecule has 0 saturated heterocycles. The van der Waals surface area contributed by atoms with Gasteiger partial charge in [-0.3, -0.25) is 4.79 Å². The van der Waals surface area contributed by atoms with Crippen LogP contribution in [0, 0.1) is 0 Å². The Bertz CT molecular complexity index is 1340.